The number of halogens is 4. The molecule has 5 nitrogen and oxygen atoms in total. The molecule has 0 N–H and O–H groups in total. The number of amides is 1. The van der Waals surface area contributed by atoms with Crippen LogP contribution in [0.15, 0.2) is 41.3 Å². The fraction of sp³-hybridized carbons (Fsp3) is 0.235. The van der Waals surface area contributed by atoms with Crippen molar-refractivity contribution in [2.75, 3.05) is 26.2 Å². The minimum absolute atomic E-state index is 0.0653. The van der Waals surface area contributed by atoms with Gasteiger partial charge < -0.3 is 4.90 Å². The van der Waals surface area contributed by atoms with Crippen LogP contribution in [-0.4, -0.2) is 49.7 Å². The van der Waals surface area contributed by atoms with Crippen LogP contribution in [0.3, 0.4) is 0 Å². The molecule has 0 atom stereocenters. The van der Waals surface area contributed by atoms with E-state index >= 15 is 0 Å². The highest BCUT2D eigenvalue weighted by atomic mass is 35.5. The fourth-order valence-electron chi connectivity index (χ4n) is 2.78. The predicted molar refractivity (Wildman–Crippen MR) is 92.4 cm³/mol. The molecule has 1 fully saturated rings. The molecule has 1 amide bonds. The van der Waals surface area contributed by atoms with E-state index in [4.69, 9.17) is 11.6 Å². The zero-order chi connectivity index (χ0) is 19.8. The summed E-state index contributed by atoms with van der Waals surface area (Å²) in [7, 11) is -4.36. The van der Waals surface area contributed by atoms with E-state index < -0.39 is 32.4 Å². The Morgan fingerprint density at radius 3 is 2.26 bits per heavy atom. The number of carbonyl (C=O) groups excluding carboxylic acids is 1. The number of hydrogen-bond donors (Lipinski definition) is 0. The van der Waals surface area contributed by atoms with Gasteiger partial charge in [-0.25, -0.2) is 21.6 Å². The second-order valence-corrected chi connectivity index (χ2v) is 8.22. The molecule has 3 rings (SSSR count). The number of rotatable bonds is 3. The molecular weight excluding hydrogens is 405 g/mol. The Kier molecular flexibility index (Phi) is 5.45. The van der Waals surface area contributed by atoms with E-state index in [0.717, 1.165) is 4.31 Å². The number of nitrogens with zero attached hydrogens (tertiary/aromatic N) is 2. The van der Waals surface area contributed by atoms with Gasteiger partial charge in [0.1, 0.15) is 4.90 Å². The molecule has 0 unspecified atom stereocenters. The third-order valence-electron chi connectivity index (χ3n) is 4.21. The van der Waals surface area contributed by atoms with Crippen molar-refractivity contribution in [2.45, 2.75) is 4.90 Å². The Hall–Kier alpha value is -2.10. The SMILES string of the molecule is O=C(c1cccc(Cl)c1)N1CCN(S(=O)(=O)c2ccc(F)c(F)c2F)CC1. The average Bonchev–Trinajstić information content (AvgIpc) is 2.65. The molecule has 0 radical (unpaired) electrons. The number of sulfonamides is 1. The normalized spacial score (nSPS) is 15.8. The van der Waals surface area contributed by atoms with E-state index in [9.17, 15) is 26.4 Å². The summed E-state index contributed by atoms with van der Waals surface area (Å²) in [4.78, 5) is 13.0. The Balaban J connectivity index is 1.75. The van der Waals surface area contributed by atoms with Gasteiger partial charge in [0.05, 0.1) is 0 Å². The first-order valence-corrected chi connectivity index (χ1v) is 9.72. The standard InChI is InChI=1S/C17H14ClF3N2O3S/c18-12-3-1-2-11(10-12)17(24)22-6-8-23(9-7-22)27(25,26)14-5-4-13(19)15(20)16(14)21/h1-5,10H,6-9H2. The lowest BCUT2D eigenvalue weighted by molar-refractivity contribution is 0.0697. The monoisotopic (exact) mass is 418 g/mol. The molecule has 1 aliphatic heterocycles. The topological polar surface area (TPSA) is 57.7 Å². The van der Waals surface area contributed by atoms with Crippen LogP contribution in [0.1, 0.15) is 10.4 Å². The lowest BCUT2D eigenvalue weighted by Gasteiger charge is -2.34. The molecule has 10 heteroatoms. The fourth-order valence-corrected chi connectivity index (χ4v) is 4.45. The second kappa shape index (κ2) is 7.49. The summed E-state index contributed by atoms with van der Waals surface area (Å²) in [5.41, 5.74) is 0.366. The van der Waals surface area contributed by atoms with Crippen molar-refractivity contribution in [1.29, 1.82) is 0 Å². The zero-order valence-electron chi connectivity index (χ0n) is 13.8. The van der Waals surface area contributed by atoms with Crippen molar-refractivity contribution in [1.82, 2.24) is 9.21 Å². The quantitative estimate of drug-likeness (QED) is 0.720. The molecule has 0 spiro atoms. The van der Waals surface area contributed by atoms with Crippen LogP contribution in [0, 0.1) is 17.5 Å². The van der Waals surface area contributed by atoms with Crippen molar-refractivity contribution in [3.63, 3.8) is 0 Å². The van der Waals surface area contributed by atoms with Gasteiger partial charge in [0, 0.05) is 36.8 Å². The average molecular weight is 419 g/mol. The summed E-state index contributed by atoms with van der Waals surface area (Å²) >= 11 is 5.87. The van der Waals surface area contributed by atoms with Gasteiger partial charge in [0.15, 0.2) is 17.5 Å². The van der Waals surface area contributed by atoms with Gasteiger partial charge in [0.2, 0.25) is 10.0 Å². The third kappa shape index (κ3) is 3.80. The van der Waals surface area contributed by atoms with E-state index in [1.54, 1.807) is 18.2 Å². The number of piperazine rings is 1. The summed E-state index contributed by atoms with van der Waals surface area (Å²) in [5.74, 6) is -5.38. The third-order valence-corrected chi connectivity index (χ3v) is 6.37. The Morgan fingerprint density at radius 2 is 1.63 bits per heavy atom. The maximum absolute atomic E-state index is 13.9. The van der Waals surface area contributed by atoms with Gasteiger partial charge in [-0.05, 0) is 30.3 Å². The number of benzene rings is 2. The largest absolute Gasteiger partial charge is 0.336 e. The van der Waals surface area contributed by atoms with Gasteiger partial charge in [0.25, 0.3) is 5.91 Å². The van der Waals surface area contributed by atoms with E-state index in [0.29, 0.717) is 22.7 Å². The first kappa shape index (κ1) is 19.7. The molecule has 2 aromatic rings. The number of hydrogen-bond acceptors (Lipinski definition) is 3. The second-order valence-electron chi connectivity index (χ2n) is 5.88. The Bertz CT molecular complexity index is 993. The molecule has 0 saturated carbocycles. The van der Waals surface area contributed by atoms with Crippen LogP contribution in [0.25, 0.3) is 0 Å². The first-order valence-electron chi connectivity index (χ1n) is 7.90. The zero-order valence-corrected chi connectivity index (χ0v) is 15.4. The lowest BCUT2D eigenvalue weighted by Crippen LogP contribution is -2.50. The summed E-state index contributed by atoms with van der Waals surface area (Å²) < 4.78 is 66.3. The van der Waals surface area contributed by atoms with Crippen molar-refractivity contribution in [3.05, 3.63) is 64.4 Å². The predicted octanol–water partition coefficient (Wildman–Crippen LogP) is 2.90. The van der Waals surface area contributed by atoms with Gasteiger partial charge in [-0.3, -0.25) is 4.79 Å². The molecule has 1 heterocycles. The highest BCUT2D eigenvalue weighted by Gasteiger charge is 2.33. The van der Waals surface area contributed by atoms with Crippen LogP contribution in [-0.2, 0) is 10.0 Å². The lowest BCUT2D eigenvalue weighted by atomic mass is 10.2. The Labute approximate surface area is 159 Å². The summed E-state index contributed by atoms with van der Waals surface area (Å²) in [6.07, 6.45) is 0. The molecule has 2 aromatic carbocycles. The van der Waals surface area contributed by atoms with Crippen molar-refractivity contribution >= 4 is 27.5 Å². The maximum atomic E-state index is 13.9. The van der Waals surface area contributed by atoms with E-state index in [-0.39, 0.29) is 32.1 Å². The van der Waals surface area contributed by atoms with Crippen LogP contribution >= 0.6 is 11.6 Å². The van der Waals surface area contributed by atoms with E-state index in [1.807, 2.05) is 0 Å². The molecule has 0 aliphatic carbocycles. The highest BCUT2D eigenvalue weighted by molar-refractivity contribution is 7.89. The van der Waals surface area contributed by atoms with Crippen LogP contribution in [0.2, 0.25) is 5.02 Å². The molecule has 0 bridgehead atoms. The molecule has 144 valence electrons. The van der Waals surface area contributed by atoms with Gasteiger partial charge in [-0.15, -0.1) is 0 Å². The van der Waals surface area contributed by atoms with E-state index in [1.165, 1.54) is 11.0 Å². The minimum atomic E-state index is -4.36. The van der Waals surface area contributed by atoms with Crippen molar-refractivity contribution in [2.24, 2.45) is 0 Å². The Morgan fingerprint density at radius 1 is 0.963 bits per heavy atom. The summed E-state index contributed by atoms with van der Waals surface area (Å²) in [6, 6.07) is 7.59. The molecule has 1 aliphatic rings. The smallest absolute Gasteiger partial charge is 0.253 e. The highest BCUT2D eigenvalue weighted by Crippen LogP contribution is 2.24. The molecule has 0 aromatic heterocycles. The minimum Gasteiger partial charge on any atom is -0.336 e. The van der Waals surface area contributed by atoms with Crippen LogP contribution in [0.4, 0.5) is 13.2 Å². The van der Waals surface area contributed by atoms with Gasteiger partial charge in [-0.2, -0.15) is 4.31 Å². The summed E-state index contributed by atoms with van der Waals surface area (Å²) in [6.45, 7) is -0.0775. The van der Waals surface area contributed by atoms with Crippen LogP contribution < -0.4 is 0 Å². The first-order chi connectivity index (χ1) is 12.7. The molecular formula is C17H14ClF3N2O3S. The van der Waals surface area contributed by atoms with Crippen molar-refractivity contribution in [3.8, 4) is 0 Å². The summed E-state index contributed by atoms with van der Waals surface area (Å²) in [5, 5.41) is 0.399. The molecule has 1 saturated heterocycles. The maximum Gasteiger partial charge on any atom is 0.253 e. The number of carbonyl (C=O) groups is 1. The molecule has 27 heavy (non-hydrogen) atoms. The van der Waals surface area contributed by atoms with Crippen molar-refractivity contribution < 1.29 is 26.4 Å². The van der Waals surface area contributed by atoms with Gasteiger partial charge in [-0.1, -0.05) is 17.7 Å². The van der Waals surface area contributed by atoms with Crippen LogP contribution in [0.5, 0.6) is 0 Å². The van der Waals surface area contributed by atoms with Gasteiger partial charge >= 0.3 is 0 Å². The van der Waals surface area contributed by atoms with E-state index in [2.05, 4.69) is 0 Å².